The standard InChI is InChI=1S/C13H9Br2N3O5/c14-8-2-6(1-7(4-16)12(21)18-13(17)22)3-9(15)11(8)23-5-10(19)20/h1-3H,5H2,(H,19,20)(H3,17,18,21,22)/b7-1-. The number of nitriles is 1. The van der Waals surface area contributed by atoms with E-state index >= 15 is 0 Å². The van der Waals surface area contributed by atoms with Crippen molar-refractivity contribution in [2.45, 2.75) is 0 Å². The predicted octanol–water partition coefficient (Wildman–Crippen LogP) is 1.78. The van der Waals surface area contributed by atoms with Crippen LogP contribution >= 0.6 is 31.9 Å². The number of imide groups is 1. The van der Waals surface area contributed by atoms with Gasteiger partial charge in [0.1, 0.15) is 17.4 Å². The number of amides is 3. The highest BCUT2D eigenvalue weighted by molar-refractivity contribution is 9.11. The molecule has 0 aliphatic carbocycles. The van der Waals surface area contributed by atoms with Gasteiger partial charge in [0.2, 0.25) is 0 Å². The molecule has 10 heteroatoms. The molecular weight excluding hydrogens is 438 g/mol. The summed E-state index contributed by atoms with van der Waals surface area (Å²) < 4.78 is 5.91. The molecule has 8 nitrogen and oxygen atoms in total. The third kappa shape index (κ3) is 5.72. The molecule has 0 heterocycles. The van der Waals surface area contributed by atoms with Crippen molar-refractivity contribution in [2.24, 2.45) is 5.73 Å². The second kappa shape index (κ2) is 8.30. The lowest BCUT2D eigenvalue weighted by Gasteiger charge is -2.09. The molecule has 0 atom stereocenters. The Morgan fingerprint density at radius 1 is 1.35 bits per heavy atom. The Morgan fingerprint density at radius 2 is 1.91 bits per heavy atom. The second-order valence-corrected chi connectivity index (χ2v) is 5.69. The molecule has 0 fully saturated rings. The first-order valence-corrected chi connectivity index (χ1v) is 7.39. The lowest BCUT2D eigenvalue weighted by Crippen LogP contribution is -2.35. The molecule has 1 aromatic rings. The molecule has 0 saturated carbocycles. The number of urea groups is 1. The van der Waals surface area contributed by atoms with Crippen molar-refractivity contribution in [1.82, 2.24) is 5.32 Å². The minimum absolute atomic E-state index is 0.254. The van der Waals surface area contributed by atoms with Crippen LogP contribution < -0.4 is 15.8 Å². The predicted molar refractivity (Wildman–Crippen MR) is 86.3 cm³/mol. The van der Waals surface area contributed by atoms with Crippen LogP contribution in [0.2, 0.25) is 0 Å². The van der Waals surface area contributed by atoms with Gasteiger partial charge in [0.25, 0.3) is 5.91 Å². The van der Waals surface area contributed by atoms with E-state index in [1.54, 1.807) is 11.4 Å². The lowest BCUT2D eigenvalue weighted by molar-refractivity contribution is -0.139. The van der Waals surface area contributed by atoms with Gasteiger partial charge in [0.05, 0.1) is 8.95 Å². The molecule has 0 spiro atoms. The van der Waals surface area contributed by atoms with Crippen molar-refractivity contribution in [1.29, 1.82) is 5.26 Å². The zero-order valence-electron chi connectivity index (χ0n) is 11.3. The highest BCUT2D eigenvalue weighted by atomic mass is 79.9. The third-order valence-corrected chi connectivity index (χ3v) is 3.45. The summed E-state index contributed by atoms with van der Waals surface area (Å²) in [7, 11) is 0. The molecule has 0 unspecified atom stereocenters. The minimum Gasteiger partial charge on any atom is -0.480 e. The number of nitrogens with one attached hydrogen (secondary N) is 1. The van der Waals surface area contributed by atoms with Crippen LogP contribution in [0.5, 0.6) is 5.75 Å². The molecular formula is C13H9Br2N3O5. The molecule has 0 radical (unpaired) electrons. The normalized spacial score (nSPS) is 10.6. The Balaban J connectivity index is 3.12. The fourth-order valence-corrected chi connectivity index (χ4v) is 2.88. The summed E-state index contributed by atoms with van der Waals surface area (Å²) in [4.78, 5) is 32.7. The summed E-state index contributed by atoms with van der Waals surface area (Å²) in [5.41, 5.74) is 4.92. The van der Waals surface area contributed by atoms with E-state index in [1.807, 2.05) is 0 Å². The monoisotopic (exact) mass is 445 g/mol. The lowest BCUT2D eigenvalue weighted by atomic mass is 10.1. The van der Waals surface area contributed by atoms with Gasteiger partial charge in [-0.1, -0.05) is 0 Å². The number of hydrogen-bond acceptors (Lipinski definition) is 5. The Hall–Kier alpha value is -2.38. The quantitative estimate of drug-likeness (QED) is 0.464. The largest absolute Gasteiger partial charge is 0.480 e. The fraction of sp³-hybridized carbons (Fsp3) is 0.0769. The Morgan fingerprint density at radius 3 is 2.35 bits per heavy atom. The number of aliphatic carboxylic acids is 1. The average molecular weight is 447 g/mol. The van der Waals surface area contributed by atoms with Crippen LogP contribution in [0.3, 0.4) is 0 Å². The Bertz CT molecular complexity index is 717. The Kier molecular flexibility index (Phi) is 6.74. The molecule has 0 saturated heterocycles. The summed E-state index contributed by atoms with van der Waals surface area (Å²) in [6, 6.07) is 3.60. The minimum atomic E-state index is -1.14. The van der Waals surface area contributed by atoms with Gasteiger partial charge in [-0.2, -0.15) is 5.26 Å². The van der Waals surface area contributed by atoms with Crippen LogP contribution in [0, 0.1) is 11.3 Å². The van der Waals surface area contributed by atoms with Gasteiger partial charge in [-0.25, -0.2) is 9.59 Å². The van der Waals surface area contributed by atoms with Crippen LogP contribution in [-0.2, 0) is 9.59 Å². The maximum atomic E-state index is 11.6. The third-order valence-electron chi connectivity index (χ3n) is 2.27. The van der Waals surface area contributed by atoms with Gasteiger partial charge in [0.15, 0.2) is 6.61 Å². The van der Waals surface area contributed by atoms with Crippen molar-refractivity contribution in [3.63, 3.8) is 0 Å². The number of ether oxygens (including phenoxy) is 1. The summed E-state index contributed by atoms with van der Waals surface area (Å²) in [6.07, 6.45) is 1.23. The van der Waals surface area contributed by atoms with Crippen molar-refractivity contribution in [2.75, 3.05) is 6.61 Å². The van der Waals surface area contributed by atoms with E-state index in [9.17, 15) is 14.4 Å². The topological polar surface area (TPSA) is 143 Å². The van der Waals surface area contributed by atoms with E-state index in [0.29, 0.717) is 14.5 Å². The fourth-order valence-electron chi connectivity index (χ4n) is 1.43. The van der Waals surface area contributed by atoms with Gasteiger partial charge in [-0.05, 0) is 55.6 Å². The first-order chi connectivity index (χ1) is 10.7. The first-order valence-electron chi connectivity index (χ1n) is 5.80. The molecule has 0 aliphatic heterocycles. The number of rotatable bonds is 5. The van der Waals surface area contributed by atoms with E-state index in [-0.39, 0.29) is 11.3 Å². The van der Waals surface area contributed by atoms with Crippen molar-refractivity contribution in [3.05, 3.63) is 32.2 Å². The second-order valence-electron chi connectivity index (χ2n) is 3.98. The van der Waals surface area contributed by atoms with E-state index in [1.165, 1.54) is 18.2 Å². The van der Waals surface area contributed by atoms with E-state index in [2.05, 4.69) is 31.9 Å². The van der Waals surface area contributed by atoms with E-state index in [0.717, 1.165) is 0 Å². The van der Waals surface area contributed by atoms with Gasteiger partial charge in [0, 0.05) is 0 Å². The highest BCUT2D eigenvalue weighted by Crippen LogP contribution is 2.35. The number of carboxylic acids is 1. The molecule has 120 valence electrons. The van der Waals surface area contributed by atoms with Gasteiger partial charge < -0.3 is 15.6 Å². The van der Waals surface area contributed by atoms with Crippen LogP contribution in [0.1, 0.15) is 5.56 Å². The number of nitrogens with zero attached hydrogens (tertiary/aromatic N) is 1. The van der Waals surface area contributed by atoms with Gasteiger partial charge in [-0.3, -0.25) is 10.1 Å². The molecule has 0 bridgehead atoms. The molecule has 1 rings (SSSR count). The zero-order valence-corrected chi connectivity index (χ0v) is 14.5. The highest BCUT2D eigenvalue weighted by Gasteiger charge is 2.14. The number of halogens is 2. The molecule has 0 aromatic heterocycles. The number of carboxylic acid groups (broad SMARTS) is 1. The molecule has 4 N–H and O–H groups in total. The number of benzene rings is 1. The number of primary amides is 1. The zero-order chi connectivity index (χ0) is 17.6. The van der Waals surface area contributed by atoms with Gasteiger partial charge >= 0.3 is 12.0 Å². The van der Waals surface area contributed by atoms with Crippen molar-refractivity contribution in [3.8, 4) is 11.8 Å². The van der Waals surface area contributed by atoms with Crippen molar-refractivity contribution >= 4 is 55.8 Å². The van der Waals surface area contributed by atoms with E-state index < -0.39 is 24.5 Å². The van der Waals surface area contributed by atoms with E-state index in [4.69, 9.17) is 20.8 Å². The van der Waals surface area contributed by atoms with Gasteiger partial charge in [-0.15, -0.1) is 0 Å². The summed E-state index contributed by atoms with van der Waals surface area (Å²) in [5, 5.41) is 19.4. The number of hydrogen-bond donors (Lipinski definition) is 3. The number of carbonyl (C=O) groups excluding carboxylic acids is 2. The van der Waals surface area contributed by atoms with Crippen molar-refractivity contribution < 1.29 is 24.2 Å². The van der Waals surface area contributed by atoms with Crippen LogP contribution in [0.25, 0.3) is 6.08 Å². The summed E-state index contributed by atoms with van der Waals surface area (Å²) >= 11 is 6.41. The summed E-state index contributed by atoms with van der Waals surface area (Å²) in [5.74, 6) is -1.81. The molecule has 3 amide bonds. The smallest absolute Gasteiger partial charge is 0.341 e. The van der Waals surface area contributed by atoms with Crippen LogP contribution in [0.4, 0.5) is 4.79 Å². The number of carbonyl (C=O) groups is 3. The Labute approximate surface area is 147 Å². The number of nitrogens with two attached hydrogens (primary N) is 1. The summed E-state index contributed by atoms with van der Waals surface area (Å²) in [6.45, 7) is -0.531. The van der Waals surface area contributed by atoms with Crippen LogP contribution in [-0.4, -0.2) is 29.6 Å². The van der Waals surface area contributed by atoms with Crippen LogP contribution in [0.15, 0.2) is 26.7 Å². The maximum Gasteiger partial charge on any atom is 0.341 e. The first kappa shape index (κ1) is 18.7. The average Bonchev–Trinajstić information content (AvgIpc) is 2.42. The maximum absolute atomic E-state index is 11.6. The SMILES string of the molecule is N#C/C(=C/c1cc(Br)c(OCC(=O)O)c(Br)c1)C(=O)NC(N)=O. The molecule has 23 heavy (non-hydrogen) atoms. The molecule has 1 aromatic carbocycles. The molecule has 0 aliphatic rings.